The number of benzene rings is 2. The molecule has 2 aliphatic heterocycles. The zero-order chi connectivity index (χ0) is 16.4. The highest BCUT2D eigenvalue weighted by atomic mass is 16.6. The van der Waals surface area contributed by atoms with E-state index >= 15 is 0 Å². The predicted molar refractivity (Wildman–Crippen MR) is 95.7 cm³/mol. The standard InChI is InChI=1S/C21H25NO2/c1-16-7-6-8-17(13-16)19-9-4-5-12-22(19)14-18-15-23-20-10-2-3-11-21(20)24-18/h2-3,6-8,10-11,13,18-19H,4-5,9,12,14-15H2,1H3. The van der Waals surface area contributed by atoms with Crippen molar-refractivity contribution in [2.45, 2.75) is 38.3 Å². The van der Waals surface area contributed by atoms with Crippen LogP contribution >= 0.6 is 0 Å². The second kappa shape index (κ2) is 6.86. The Kier molecular flexibility index (Phi) is 4.44. The lowest BCUT2D eigenvalue weighted by atomic mass is 9.94. The molecule has 4 rings (SSSR count). The van der Waals surface area contributed by atoms with E-state index in [1.54, 1.807) is 0 Å². The Hall–Kier alpha value is -2.00. The minimum Gasteiger partial charge on any atom is -0.486 e. The van der Waals surface area contributed by atoms with Crippen LogP contribution in [0.15, 0.2) is 48.5 Å². The highest BCUT2D eigenvalue weighted by Crippen LogP contribution is 2.34. The van der Waals surface area contributed by atoms with Gasteiger partial charge in [0.15, 0.2) is 11.5 Å². The van der Waals surface area contributed by atoms with Crippen LogP contribution in [0.1, 0.15) is 36.4 Å². The van der Waals surface area contributed by atoms with Gasteiger partial charge in [0.1, 0.15) is 12.7 Å². The number of likely N-dealkylation sites (tertiary alicyclic amines) is 1. The number of piperidine rings is 1. The van der Waals surface area contributed by atoms with Crippen molar-refractivity contribution in [2.75, 3.05) is 19.7 Å². The minimum atomic E-state index is 0.102. The van der Waals surface area contributed by atoms with Gasteiger partial charge in [-0.05, 0) is 44.0 Å². The van der Waals surface area contributed by atoms with Crippen LogP contribution in [0.5, 0.6) is 11.5 Å². The topological polar surface area (TPSA) is 21.7 Å². The third-order valence-electron chi connectivity index (χ3n) is 5.05. The Bertz CT molecular complexity index is 700. The maximum Gasteiger partial charge on any atom is 0.161 e. The summed E-state index contributed by atoms with van der Waals surface area (Å²) < 4.78 is 12.1. The molecule has 0 aliphatic carbocycles. The quantitative estimate of drug-likeness (QED) is 0.837. The first-order valence-corrected chi connectivity index (χ1v) is 8.99. The normalized spacial score (nSPS) is 23.9. The van der Waals surface area contributed by atoms with Crippen LogP contribution in [0.2, 0.25) is 0 Å². The maximum absolute atomic E-state index is 6.18. The molecule has 2 aromatic carbocycles. The number of para-hydroxylation sites is 2. The lowest BCUT2D eigenvalue weighted by molar-refractivity contribution is 0.0339. The summed E-state index contributed by atoms with van der Waals surface area (Å²) in [5.41, 5.74) is 2.77. The van der Waals surface area contributed by atoms with Gasteiger partial charge in [0.25, 0.3) is 0 Å². The van der Waals surface area contributed by atoms with Gasteiger partial charge in [0, 0.05) is 12.6 Å². The van der Waals surface area contributed by atoms with Crippen LogP contribution in [0.4, 0.5) is 0 Å². The molecule has 1 saturated heterocycles. The van der Waals surface area contributed by atoms with Crippen LogP contribution < -0.4 is 9.47 Å². The molecule has 0 aromatic heterocycles. The van der Waals surface area contributed by atoms with Crippen LogP contribution in [0, 0.1) is 6.92 Å². The van der Waals surface area contributed by atoms with Crippen molar-refractivity contribution in [1.29, 1.82) is 0 Å². The number of hydrogen-bond acceptors (Lipinski definition) is 3. The summed E-state index contributed by atoms with van der Waals surface area (Å²) in [5, 5.41) is 0. The molecule has 0 radical (unpaired) electrons. The monoisotopic (exact) mass is 323 g/mol. The largest absolute Gasteiger partial charge is 0.486 e. The van der Waals surface area contributed by atoms with Gasteiger partial charge in [-0.3, -0.25) is 4.90 Å². The Labute approximate surface area is 144 Å². The summed E-state index contributed by atoms with van der Waals surface area (Å²) in [6.45, 7) is 4.87. The zero-order valence-electron chi connectivity index (χ0n) is 14.3. The smallest absolute Gasteiger partial charge is 0.161 e. The van der Waals surface area contributed by atoms with E-state index in [2.05, 4.69) is 36.1 Å². The van der Waals surface area contributed by atoms with Crippen LogP contribution in [-0.2, 0) is 0 Å². The second-order valence-electron chi connectivity index (χ2n) is 6.92. The maximum atomic E-state index is 6.18. The number of ether oxygens (including phenoxy) is 2. The molecule has 2 atom stereocenters. The fourth-order valence-electron chi connectivity index (χ4n) is 3.88. The molecule has 0 bridgehead atoms. The molecule has 2 heterocycles. The molecule has 126 valence electrons. The summed E-state index contributed by atoms with van der Waals surface area (Å²) >= 11 is 0. The number of fused-ring (bicyclic) bond motifs is 1. The van der Waals surface area contributed by atoms with E-state index in [0.29, 0.717) is 12.6 Å². The molecule has 0 spiro atoms. The first kappa shape index (κ1) is 15.5. The van der Waals surface area contributed by atoms with Crippen molar-refractivity contribution in [3.05, 3.63) is 59.7 Å². The zero-order valence-corrected chi connectivity index (χ0v) is 14.3. The Morgan fingerprint density at radius 3 is 2.79 bits per heavy atom. The molecule has 2 unspecified atom stereocenters. The second-order valence-corrected chi connectivity index (χ2v) is 6.92. The molecule has 2 aliphatic rings. The number of hydrogen-bond donors (Lipinski definition) is 0. The summed E-state index contributed by atoms with van der Waals surface area (Å²) in [4.78, 5) is 2.58. The fourth-order valence-corrected chi connectivity index (χ4v) is 3.88. The summed E-state index contributed by atoms with van der Waals surface area (Å²) in [6, 6.07) is 17.4. The van der Waals surface area contributed by atoms with E-state index < -0.39 is 0 Å². The summed E-state index contributed by atoms with van der Waals surface area (Å²) in [5.74, 6) is 1.74. The van der Waals surface area contributed by atoms with Crippen molar-refractivity contribution < 1.29 is 9.47 Å². The van der Waals surface area contributed by atoms with Crippen molar-refractivity contribution in [3.8, 4) is 11.5 Å². The van der Waals surface area contributed by atoms with E-state index in [1.807, 2.05) is 24.3 Å². The van der Waals surface area contributed by atoms with Crippen molar-refractivity contribution >= 4 is 0 Å². The predicted octanol–water partition coefficient (Wildman–Crippen LogP) is 4.36. The molecule has 0 amide bonds. The molecule has 0 saturated carbocycles. The van der Waals surface area contributed by atoms with E-state index in [0.717, 1.165) is 24.6 Å². The highest BCUT2D eigenvalue weighted by molar-refractivity contribution is 5.40. The van der Waals surface area contributed by atoms with Gasteiger partial charge in [-0.25, -0.2) is 0 Å². The summed E-state index contributed by atoms with van der Waals surface area (Å²) in [7, 11) is 0. The lowest BCUT2D eigenvalue weighted by Crippen LogP contribution is -2.44. The third-order valence-corrected chi connectivity index (χ3v) is 5.05. The molecule has 24 heavy (non-hydrogen) atoms. The first-order valence-electron chi connectivity index (χ1n) is 8.99. The average Bonchev–Trinajstić information content (AvgIpc) is 2.62. The van der Waals surface area contributed by atoms with Crippen LogP contribution in [0.25, 0.3) is 0 Å². The molecule has 1 fully saturated rings. The average molecular weight is 323 g/mol. The van der Waals surface area contributed by atoms with E-state index in [-0.39, 0.29) is 6.10 Å². The van der Waals surface area contributed by atoms with Gasteiger partial charge in [0.05, 0.1) is 0 Å². The van der Waals surface area contributed by atoms with E-state index in [9.17, 15) is 0 Å². The fraction of sp³-hybridized carbons (Fsp3) is 0.429. The van der Waals surface area contributed by atoms with Gasteiger partial charge in [-0.15, -0.1) is 0 Å². The van der Waals surface area contributed by atoms with Gasteiger partial charge < -0.3 is 9.47 Å². The van der Waals surface area contributed by atoms with E-state index in [4.69, 9.17) is 9.47 Å². The third kappa shape index (κ3) is 3.27. The van der Waals surface area contributed by atoms with Crippen molar-refractivity contribution in [2.24, 2.45) is 0 Å². The van der Waals surface area contributed by atoms with Crippen molar-refractivity contribution in [1.82, 2.24) is 4.90 Å². The van der Waals surface area contributed by atoms with Crippen LogP contribution in [-0.4, -0.2) is 30.7 Å². The summed E-state index contributed by atoms with van der Waals surface area (Å²) in [6.07, 6.45) is 3.91. The molecular weight excluding hydrogens is 298 g/mol. The minimum absolute atomic E-state index is 0.102. The Morgan fingerprint density at radius 2 is 1.92 bits per heavy atom. The van der Waals surface area contributed by atoms with Gasteiger partial charge in [-0.1, -0.05) is 48.4 Å². The van der Waals surface area contributed by atoms with Crippen LogP contribution in [0.3, 0.4) is 0 Å². The SMILES string of the molecule is Cc1cccc(C2CCCCN2CC2COc3ccccc3O2)c1. The molecule has 2 aromatic rings. The van der Waals surface area contributed by atoms with Crippen molar-refractivity contribution in [3.63, 3.8) is 0 Å². The molecule has 3 heteroatoms. The Balaban J connectivity index is 1.48. The number of rotatable bonds is 3. The molecular formula is C21H25NO2. The molecule has 3 nitrogen and oxygen atoms in total. The first-order chi connectivity index (χ1) is 11.8. The molecule has 0 N–H and O–H groups in total. The van der Waals surface area contributed by atoms with Gasteiger partial charge in [-0.2, -0.15) is 0 Å². The number of nitrogens with zero attached hydrogens (tertiary/aromatic N) is 1. The Morgan fingerprint density at radius 1 is 1.04 bits per heavy atom. The van der Waals surface area contributed by atoms with Gasteiger partial charge in [0.2, 0.25) is 0 Å². The highest BCUT2D eigenvalue weighted by Gasteiger charge is 2.29. The number of aryl methyl sites for hydroxylation is 1. The lowest BCUT2D eigenvalue weighted by Gasteiger charge is -2.39. The van der Waals surface area contributed by atoms with E-state index in [1.165, 1.54) is 30.4 Å². The van der Waals surface area contributed by atoms with Gasteiger partial charge >= 0.3 is 0 Å².